The van der Waals surface area contributed by atoms with E-state index in [0.717, 1.165) is 87.6 Å². The number of carbonyl (C=O) groups is 1. The number of aliphatic carboxylic acids is 1. The van der Waals surface area contributed by atoms with Crippen LogP contribution in [0.1, 0.15) is 122 Å². The number of aromatic amines is 1. The van der Waals surface area contributed by atoms with E-state index < -0.39 is 23.6 Å². The van der Waals surface area contributed by atoms with Crippen LogP contribution in [0.5, 0.6) is 5.75 Å². The number of carboxylic acids is 1. The number of aliphatic hydroxyl groups is 3. The molecule has 7 heteroatoms. The van der Waals surface area contributed by atoms with Crippen molar-refractivity contribution in [3.63, 3.8) is 0 Å². The molecule has 2 aliphatic carbocycles. The summed E-state index contributed by atoms with van der Waals surface area (Å²) in [6.45, 7) is 2.20. The van der Waals surface area contributed by atoms with Gasteiger partial charge in [0.2, 0.25) is 0 Å². The Balaban J connectivity index is 1.24. The van der Waals surface area contributed by atoms with Gasteiger partial charge in [-0.3, -0.25) is 4.79 Å². The Labute approximate surface area is 264 Å². The number of hydrogen-bond donors (Lipinski definition) is 6. The third-order valence-corrected chi connectivity index (χ3v) is 10.8. The molecule has 4 rings (SSSR count). The van der Waals surface area contributed by atoms with Crippen LogP contribution in [0.25, 0.3) is 11.3 Å². The molecule has 1 aromatic carbocycles. The third-order valence-electron chi connectivity index (χ3n) is 10.8. The molecule has 0 saturated heterocycles. The highest BCUT2D eigenvalue weighted by Gasteiger charge is 2.53. The van der Waals surface area contributed by atoms with Crippen LogP contribution in [0.4, 0.5) is 0 Å². The summed E-state index contributed by atoms with van der Waals surface area (Å²) in [6.07, 6.45) is 15.1. The first-order valence-corrected chi connectivity index (χ1v) is 17.5. The summed E-state index contributed by atoms with van der Waals surface area (Å²) in [5, 5.41) is 53.5. The number of nitrogens with one attached hydrogen (secondary N) is 1. The molecule has 2 aliphatic rings. The van der Waals surface area contributed by atoms with Crippen LogP contribution in [0, 0.1) is 23.7 Å². The Kier molecular flexibility index (Phi) is 13.2. The molecule has 2 saturated carbocycles. The number of hydrogen-bond acceptors (Lipinski definition) is 5. The second-order valence-electron chi connectivity index (χ2n) is 13.9. The van der Waals surface area contributed by atoms with Crippen molar-refractivity contribution in [2.45, 2.75) is 140 Å². The number of aliphatic hydroxyl groups excluding tert-OH is 2. The fourth-order valence-corrected chi connectivity index (χ4v) is 8.13. The summed E-state index contributed by atoms with van der Waals surface area (Å²) in [6, 6.07) is 11.2. The fourth-order valence-electron chi connectivity index (χ4n) is 8.13. The molecule has 1 aromatic heterocycles. The van der Waals surface area contributed by atoms with E-state index in [9.17, 15) is 30.3 Å². The van der Waals surface area contributed by atoms with Gasteiger partial charge in [0.15, 0.2) is 0 Å². The van der Waals surface area contributed by atoms with E-state index in [-0.39, 0.29) is 29.6 Å². The van der Waals surface area contributed by atoms with Gasteiger partial charge in [-0.15, -0.1) is 0 Å². The minimum atomic E-state index is -0.962. The Hall–Kier alpha value is -2.35. The quantitative estimate of drug-likeness (QED) is 0.0906. The summed E-state index contributed by atoms with van der Waals surface area (Å²) in [5.74, 6) is -1.53. The molecule has 7 nitrogen and oxygen atoms in total. The van der Waals surface area contributed by atoms with Crippen LogP contribution in [0.15, 0.2) is 36.4 Å². The van der Waals surface area contributed by atoms with Crippen LogP contribution in [-0.2, 0) is 11.2 Å². The number of rotatable bonds is 19. The van der Waals surface area contributed by atoms with Crippen molar-refractivity contribution in [2.75, 3.05) is 0 Å². The van der Waals surface area contributed by atoms with Crippen LogP contribution < -0.4 is 0 Å². The number of aromatic hydroxyl groups is 1. The number of benzene rings is 1. The standard InChI is InChI=1S/C37H57NO6/c1-2-3-4-5-8-13-31(39)14-9-6-7-10-16-33(36(42)43)35(41)27-17-18-28-19-20-29(37(28,44)25-27)24-30-21-22-34(38-30)26-12-11-15-32(40)23-26/h11-12,15,21-23,27-29,31,33,35,38-41,44H,2-10,13-14,16-20,24-25H2,1H3,(H,42,43)/t27-,28+,29+,31+,33+,35-,37-/m1/s1. The summed E-state index contributed by atoms with van der Waals surface area (Å²) in [7, 11) is 0. The first-order valence-electron chi connectivity index (χ1n) is 17.5. The van der Waals surface area contributed by atoms with E-state index >= 15 is 0 Å². The SMILES string of the molecule is CCCCCCC[C@H](O)CCCCCC[C@H](C(=O)O)[C@H](O)[C@@H]1CC[C@H]2CC[C@@H](Cc3ccc(-c4cccc(O)c4)[nH]3)[C@@]2(O)C1. The normalized spacial score (nSPS) is 25.4. The number of phenolic OH excluding ortho intramolecular Hbond substituents is 1. The number of phenols is 1. The highest BCUT2D eigenvalue weighted by atomic mass is 16.4. The number of unbranched alkanes of at least 4 members (excludes halogenated alkanes) is 7. The van der Waals surface area contributed by atoms with E-state index in [1.807, 2.05) is 24.3 Å². The van der Waals surface area contributed by atoms with Gasteiger partial charge in [-0.25, -0.2) is 0 Å². The molecule has 0 radical (unpaired) electrons. The molecular formula is C37H57NO6. The molecular weight excluding hydrogens is 554 g/mol. The van der Waals surface area contributed by atoms with Gasteiger partial charge >= 0.3 is 5.97 Å². The maximum atomic E-state index is 12.2. The lowest BCUT2D eigenvalue weighted by molar-refractivity contribution is -0.152. The lowest BCUT2D eigenvalue weighted by atomic mass is 9.66. The monoisotopic (exact) mass is 611 g/mol. The van der Waals surface area contributed by atoms with Gasteiger partial charge < -0.3 is 30.5 Å². The van der Waals surface area contributed by atoms with E-state index in [1.165, 1.54) is 25.7 Å². The van der Waals surface area contributed by atoms with Crippen molar-refractivity contribution in [2.24, 2.45) is 23.7 Å². The molecule has 246 valence electrons. The number of aromatic nitrogens is 1. The third kappa shape index (κ3) is 9.34. The number of carboxylic acid groups (broad SMARTS) is 1. The first kappa shape index (κ1) is 34.5. The Morgan fingerprint density at radius 1 is 0.909 bits per heavy atom. The van der Waals surface area contributed by atoms with Crippen molar-refractivity contribution >= 4 is 5.97 Å². The molecule has 1 heterocycles. The van der Waals surface area contributed by atoms with Gasteiger partial charge in [0, 0.05) is 17.0 Å². The van der Waals surface area contributed by atoms with Gasteiger partial charge in [0.25, 0.3) is 0 Å². The largest absolute Gasteiger partial charge is 0.508 e. The van der Waals surface area contributed by atoms with E-state index in [4.69, 9.17) is 0 Å². The molecule has 6 N–H and O–H groups in total. The molecule has 0 aliphatic heterocycles. The lowest BCUT2D eigenvalue weighted by Crippen LogP contribution is -2.49. The zero-order valence-electron chi connectivity index (χ0n) is 26.8. The molecule has 0 bridgehead atoms. The average molecular weight is 612 g/mol. The smallest absolute Gasteiger partial charge is 0.309 e. The highest BCUT2D eigenvalue weighted by Crippen LogP contribution is 2.53. The van der Waals surface area contributed by atoms with Gasteiger partial charge in [0.05, 0.1) is 23.7 Å². The summed E-state index contributed by atoms with van der Waals surface area (Å²) < 4.78 is 0. The van der Waals surface area contributed by atoms with Gasteiger partial charge in [-0.05, 0) is 99.8 Å². The Morgan fingerprint density at radius 2 is 1.59 bits per heavy atom. The molecule has 0 amide bonds. The summed E-state index contributed by atoms with van der Waals surface area (Å²) in [4.78, 5) is 15.7. The van der Waals surface area contributed by atoms with Crippen LogP contribution in [-0.4, -0.2) is 54.3 Å². The highest BCUT2D eigenvalue weighted by molar-refractivity contribution is 5.70. The minimum Gasteiger partial charge on any atom is -0.508 e. The van der Waals surface area contributed by atoms with Crippen molar-refractivity contribution in [1.82, 2.24) is 4.98 Å². The summed E-state index contributed by atoms with van der Waals surface area (Å²) >= 11 is 0. The lowest BCUT2D eigenvalue weighted by Gasteiger charge is -2.44. The second-order valence-corrected chi connectivity index (χ2v) is 13.9. The number of fused-ring (bicyclic) bond motifs is 1. The van der Waals surface area contributed by atoms with Gasteiger partial charge in [-0.2, -0.15) is 0 Å². The topological polar surface area (TPSA) is 134 Å². The second kappa shape index (κ2) is 16.8. The maximum Gasteiger partial charge on any atom is 0.309 e. The van der Waals surface area contributed by atoms with Gasteiger partial charge in [0.1, 0.15) is 5.75 Å². The molecule has 7 atom stereocenters. The van der Waals surface area contributed by atoms with E-state index in [0.29, 0.717) is 19.3 Å². The van der Waals surface area contributed by atoms with Crippen LogP contribution >= 0.6 is 0 Å². The molecule has 2 aromatic rings. The van der Waals surface area contributed by atoms with Crippen molar-refractivity contribution < 1.29 is 30.3 Å². The van der Waals surface area contributed by atoms with E-state index in [1.54, 1.807) is 12.1 Å². The predicted molar refractivity (Wildman–Crippen MR) is 174 cm³/mol. The minimum absolute atomic E-state index is 0.0492. The number of H-pyrrole nitrogens is 1. The maximum absolute atomic E-state index is 12.2. The van der Waals surface area contributed by atoms with Crippen molar-refractivity contribution in [3.8, 4) is 17.0 Å². The molecule has 44 heavy (non-hydrogen) atoms. The average Bonchev–Trinajstić information content (AvgIpc) is 3.60. The first-order chi connectivity index (χ1) is 21.2. The predicted octanol–water partition coefficient (Wildman–Crippen LogP) is 7.61. The molecule has 0 spiro atoms. The zero-order valence-corrected chi connectivity index (χ0v) is 26.8. The van der Waals surface area contributed by atoms with Crippen molar-refractivity contribution in [3.05, 3.63) is 42.1 Å². The Bertz CT molecular complexity index is 1150. The fraction of sp³-hybridized carbons (Fsp3) is 0.703. The van der Waals surface area contributed by atoms with E-state index in [2.05, 4.69) is 11.9 Å². The molecule has 0 unspecified atom stereocenters. The molecule has 2 fully saturated rings. The van der Waals surface area contributed by atoms with Crippen LogP contribution in [0.3, 0.4) is 0 Å². The Morgan fingerprint density at radius 3 is 2.27 bits per heavy atom. The summed E-state index contributed by atoms with van der Waals surface area (Å²) in [5.41, 5.74) is 1.96. The van der Waals surface area contributed by atoms with Gasteiger partial charge in [-0.1, -0.05) is 76.8 Å². The van der Waals surface area contributed by atoms with Crippen molar-refractivity contribution in [1.29, 1.82) is 0 Å². The zero-order chi connectivity index (χ0) is 31.5. The van der Waals surface area contributed by atoms with Crippen LogP contribution in [0.2, 0.25) is 0 Å².